The van der Waals surface area contributed by atoms with Crippen molar-refractivity contribution in [2.75, 3.05) is 14.1 Å². The molecule has 22 heavy (non-hydrogen) atoms. The molecule has 1 fully saturated rings. The Morgan fingerprint density at radius 1 is 1.32 bits per heavy atom. The third kappa shape index (κ3) is 3.30. The molecule has 0 spiro atoms. The number of hydrogen-bond acceptors (Lipinski definition) is 4. The Labute approximate surface area is 130 Å². The lowest BCUT2D eigenvalue weighted by molar-refractivity contribution is -0.149. The fourth-order valence-electron chi connectivity index (χ4n) is 3.06. The molecule has 1 heterocycles. The van der Waals surface area contributed by atoms with E-state index in [-0.39, 0.29) is 18.6 Å². The number of nitrogens with zero attached hydrogens (tertiary/aromatic N) is 3. The molecule has 5 nitrogen and oxygen atoms in total. The molecule has 1 aromatic heterocycles. The number of ether oxygens (including phenoxy) is 1. The highest BCUT2D eigenvalue weighted by molar-refractivity contribution is 5.79. The molecular formula is C17H23N3O2. The second-order valence-corrected chi connectivity index (χ2v) is 6.24. The molecule has 1 aromatic carbocycles. The van der Waals surface area contributed by atoms with Crippen molar-refractivity contribution in [1.82, 2.24) is 14.5 Å². The highest BCUT2D eigenvalue weighted by atomic mass is 16.5. The van der Waals surface area contributed by atoms with E-state index in [4.69, 9.17) is 4.74 Å². The van der Waals surface area contributed by atoms with E-state index in [1.165, 1.54) is 0 Å². The van der Waals surface area contributed by atoms with Crippen LogP contribution in [-0.4, -0.2) is 40.6 Å². The highest BCUT2D eigenvalue weighted by Crippen LogP contribution is 2.22. The third-order valence-corrected chi connectivity index (χ3v) is 4.08. The van der Waals surface area contributed by atoms with Gasteiger partial charge in [0.05, 0.1) is 17.6 Å². The lowest BCUT2D eigenvalue weighted by Gasteiger charge is -2.15. The van der Waals surface area contributed by atoms with E-state index < -0.39 is 0 Å². The van der Waals surface area contributed by atoms with E-state index in [0.29, 0.717) is 6.54 Å². The number of carbonyl (C=O) groups excluding carboxylic acids is 1. The molecule has 3 rings (SSSR count). The Bertz CT molecular complexity index is 657. The van der Waals surface area contributed by atoms with Crippen LogP contribution in [0.15, 0.2) is 24.3 Å². The molecule has 0 bridgehead atoms. The summed E-state index contributed by atoms with van der Waals surface area (Å²) < 4.78 is 7.57. The normalized spacial score (nSPS) is 15.8. The van der Waals surface area contributed by atoms with Crippen LogP contribution in [0.5, 0.6) is 0 Å². The molecule has 1 aliphatic rings. The molecule has 0 atom stereocenters. The molecule has 1 aliphatic carbocycles. The van der Waals surface area contributed by atoms with Crippen LogP contribution in [0, 0.1) is 0 Å². The fraction of sp³-hybridized carbons (Fsp3) is 0.529. The summed E-state index contributed by atoms with van der Waals surface area (Å²) in [5.74, 6) is 0.740. The zero-order chi connectivity index (χ0) is 15.5. The number of benzene rings is 1. The van der Waals surface area contributed by atoms with Gasteiger partial charge in [-0.2, -0.15) is 0 Å². The number of aromatic nitrogens is 2. The van der Waals surface area contributed by atoms with Crippen LogP contribution in [0.4, 0.5) is 0 Å². The summed E-state index contributed by atoms with van der Waals surface area (Å²) in [6.45, 7) is 0.936. The summed E-state index contributed by atoms with van der Waals surface area (Å²) in [4.78, 5) is 19.0. The second kappa shape index (κ2) is 6.48. The Kier molecular flexibility index (Phi) is 4.43. The predicted molar refractivity (Wildman–Crippen MR) is 85.5 cm³/mol. The molecule has 0 radical (unpaired) electrons. The van der Waals surface area contributed by atoms with Crippen molar-refractivity contribution in [3.63, 3.8) is 0 Å². The van der Waals surface area contributed by atoms with Gasteiger partial charge in [-0.1, -0.05) is 12.1 Å². The molecule has 1 saturated carbocycles. The number of esters is 1. The summed E-state index contributed by atoms with van der Waals surface area (Å²) in [6.07, 6.45) is 4.44. The number of carbonyl (C=O) groups is 1. The van der Waals surface area contributed by atoms with Crippen molar-refractivity contribution in [2.24, 2.45) is 0 Å². The van der Waals surface area contributed by atoms with Gasteiger partial charge in [-0.25, -0.2) is 4.98 Å². The maximum Gasteiger partial charge on any atom is 0.326 e. The Balaban J connectivity index is 1.82. The van der Waals surface area contributed by atoms with Crippen molar-refractivity contribution in [1.29, 1.82) is 0 Å². The van der Waals surface area contributed by atoms with Crippen LogP contribution in [0.25, 0.3) is 11.0 Å². The van der Waals surface area contributed by atoms with Crippen LogP contribution in [0.1, 0.15) is 31.5 Å². The van der Waals surface area contributed by atoms with Gasteiger partial charge < -0.3 is 14.2 Å². The van der Waals surface area contributed by atoms with Gasteiger partial charge in [-0.15, -0.1) is 0 Å². The van der Waals surface area contributed by atoms with E-state index in [0.717, 1.165) is 42.5 Å². The van der Waals surface area contributed by atoms with E-state index in [1.54, 1.807) is 0 Å². The van der Waals surface area contributed by atoms with Gasteiger partial charge in [-0.3, -0.25) is 4.79 Å². The minimum absolute atomic E-state index is 0.111. The molecule has 2 aromatic rings. The first-order valence-corrected chi connectivity index (χ1v) is 7.92. The van der Waals surface area contributed by atoms with E-state index in [1.807, 2.05) is 42.9 Å². The fourth-order valence-corrected chi connectivity index (χ4v) is 3.06. The monoisotopic (exact) mass is 301 g/mol. The zero-order valence-corrected chi connectivity index (χ0v) is 13.3. The second-order valence-electron chi connectivity index (χ2n) is 6.24. The van der Waals surface area contributed by atoms with Crippen LogP contribution >= 0.6 is 0 Å². The van der Waals surface area contributed by atoms with Crippen molar-refractivity contribution in [3.05, 3.63) is 30.1 Å². The minimum atomic E-state index is -0.157. The molecule has 5 heteroatoms. The van der Waals surface area contributed by atoms with Gasteiger partial charge in [-0.05, 0) is 51.9 Å². The van der Waals surface area contributed by atoms with Crippen molar-refractivity contribution in [2.45, 2.75) is 44.9 Å². The summed E-state index contributed by atoms with van der Waals surface area (Å²) in [6, 6.07) is 7.93. The standard InChI is InChI=1S/C17H23N3O2/c1-19(2)11-16-18-14-9-5-6-10-15(14)20(16)12-17(21)22-13-7-3-4-8-13/h5-6,9-10,13H,3-4,7-8,11-12H2,1-2H3. The minimum Gasteiger partial charge on any atom is -0.461 e. The smallest absolute Gasteiger partial charge is 0.326 e. The Morgan fingerprint density at radius 3 is 2.77 bits per heavy atom. The molecule has 0 N–H and O–H groups in total. The molecule has 0 saturated heterocycles. The maximum absolute atomic E-state index is 12.3. The number of imidazole rings is 1. The van der Waals surface area contributed by atoms with Gasteiger partial charge in [0.15, 0.2) is 0 Å². The summed E-state index contributed by atoms with van der Waals surface area (Å²) in [5.41, 5.74) is 1.91. The number of fused-ring (bicyclic) bond motifs is 1. The van der Waals surface area contributed by atoms with Gasteiger partial charge >= 0.3 is 5.97 Å². The molecule has 118 valence electrons. The predicted octanol–water partition coefficient (Wildman–Crippen LogP) is 2.58. The van der Waals surface area contributed by atoms with Gasteiger partial charge in [0, 0.05) is 0 Å². The number of hydrogen-bond donors (Lipinski definition) is 0. The van der Waals surface area contributed by atoms with Gasteiger partial charge in [0.2, 0.25) is 0 Å². The van der Waals surface area contributed by atoms with Crippen molar-refractivity contribution in [3.8, 4) is 0 Å². The largest absolute Gasteiger partial charge is 0.461 e. The SMILES string of the molecule is CN(C)Cc1nc2ccccc2n1CC(=O)OC1CCCC1. The molecule has 0 aliphatic heterocycles. The number of rotatable bonds is 5. The quantitative estimate of drug-likeness (QED) is 0.796. The lowest BCUT2D eigenvalue weighted by Crippen LogP contribution is -2.22. The summed E-state index contributed by atoms with van der Waals surface area (Å²) >= 11 is 0. The molecule has 0 amide bonds. The third-order valence-electron chi connectivity index (χ3n) is 4.08. The topological polar surface area (TPSA) is 47.4 Å². The average molecular weight is 301 g/mol. The van der Waals surface area contributed by atoms with Crippen molar-refractivity contribution >= 4 is 17.0 Å². The molecule has 0 unspecified atom stereocenters. The number of para-hydroxylation sites is 2. The van der Waals surface area contributed by atoms with Crippen LogP contribution in [-0.2, 0) is 22.6 Å². The highest BCUT2D eigenvalue weighted by Gasteiger charge is 2.21. The zero-order valence-electron chi connectivity index (χ0n) is 13.3. The van der Waals surface area contributed by atoms with Crippen LogP contribution in [0.3, 0.4) is 0 Å². The van der Waals surface area contributed by atoms with E-state index in [2.05, 4.69) is 9.88 Å². The lowest BCUT2D eigenvalue weighted by atomic mass is 10.3. The van der Waals surface area contributed by atoms with Crippen LogP contribution in [0.2, 0.25) is 0 Å². The van der Waals surface area contributed by atoms with Crippen LogP contribution < -0.4 is 0 Å². The first-order valence-electron chi connectivity index (χ1n) is 7.92. The van der Waals surface area contributed by atoms with E-state index in [9.17, 15) is 4.79 Å². The summed E-state index contributed by atoms with van der Waals surface area (Å²) in [7, 11) is 4.00. The maximum atomic E-state index is 12.3. The Hall–Kier alpha value is -1.88. The Morgan fingerprint density at radius 2 is 2.05 bits per heavy atom. The van der Waals surface area contributed by atoms with Gasteiger partial charge in [0.25, 0.3) is 0 Å². The van der Waals surface area contributed by atoms with Crippen molar-refractivity contribution < 1.29 is 9.53 Å². The summed E-state index contributed by atoms with van der Waals surface area (Å²) in [5, 5.41) is 0. The first kappa shape index (κ1) is 15.0. The first-order chi connectivity index (χ1) is 10.6. The average Bonchev–Trinajstić information content (AvgIpc) is 3.07. The van der Waals surface area contributed by atoms with E-state index >= 15 is 0 Å². The van der Waals surface area contributed by atoms with Gasteiger partial charge in [0.1, 0.15) is 18.5 Å². The molecular weight excluding hydrogens is 278 g/mol.